The van der Waals surface area contributed by atoms with Crippen molar-refractivity contribution in [3.05, 3.63) is 95.8 Å². The molecule has 0 aliphatic heterocycles. The SMILES string of the molecule is CC(C)n1cc(C#N)c2cc(-n3cc(C(=O)OCCCOC(=O)c4cnn(-c5ccc6c(c5)c(C#N)cn6C(C)C)c4)cn3)ccc21. The summed E-state index contributed by atoms with van der Waals surface area (Å²) in [6, 6.07) is 16.3. The van der Waals surface area contributed by atoms with Gasteiger partial charge in [-0.15, -0.1) is 0 Å². The van der Waals surface area contributed by atoms with Crippen LogP contribution in [0.5, 0.6) is 0 Å². The maximum absolute atomic E-state index is 12.6. The molecule has 0 saturated heterocycles. The standard InChI is InChI=1S/C35H32N8O4/c1-22(2)40-18-24(14-36)30-12-28(6-8-32(30)40)42-20-26(16-38-42)34(44)46-10-5-11-47-35(45)27-17-39-43(21-27)29-7-9-33-31(13-29)25(15-37)19-41(33)23(3)4/h6-9,12-13,16-23H,5,10-11H2,1-4H3. The van der Waals surface area contributed by atoms with Gasteiger partial charge in [-0.1, -0.05) is 0 Å². The highest BCUT2D eigenvalue weighted by atomic mass is 16.5. The lowest BCUT2D eigenvalue weighted by Gasteiger charge is -2.09. The van der Waals surface area contributed by atoms with E-state index in [0.29, 0.717) is 28.9 Å². The van der Waals surface area contributed by atoms with Crippen LogP contribution in [0.3, 0.4) is 0 Å². The van der Waals surface area contributed by atoms with Gasteiger partial charge >= 0.3 is 11.9 Å². The van der Waals surface area contributed by atoms with Crippen molar-refractivity contribution in [3.63, 3.8) is 0 Å². The van der Waals surface area contributed by atoms with Gasteiger partial charge in [0.15, 0.2) is 0 Å². The van der Waals surface area contributed by atoms with Gasteiger partial charge in [-0.25, -0.2) is 19.0 Å². The second kappa shape index (κ2) is 12.7. The number of carbonyl (C=O) groups is 2. The van der Waals surface area contributed by atoms with Crippen LogP contribution in [0.15, 0.2) is 73.6 Å². The molecule has 12 nitrogen and oxygen atoms in total. The molecule has 0 spiro atoms. The summed E-state index contributed by atoms with van der Waals surface area (Å²) in [4.78, 5) is 25.3. The molecule has 12 heteroatoms. The second-order valence-corrected chi connectivity index (χ2v) is 11.7. The Balaban J connectivity index is 1.01. The topological polar surface area (TPSA) is 146 Å². The molecular formula is C35H32N8O4. The van der Waals surface area contributed by atoms with Crippen LogP contribution in [0.2, 0.25) is 0 Å². The Hall–Kier alpha value is -6.14. The average molecular weight is 629 g/mol. The quantitative estimate of drug-likeness (QED) is 0.127. The highest BCUT2D eigenvalue weighted by molar-refractivity contribution is 5.91. The maximum Gasteiger partial charge on any atom is 0.341 e. The van der Waals surface area contributed by atoms with Crippen LogP contribution in [0, 0.1) is 22.7 Å². The van der Waals surface area contributed by atoms with Crippen molar-refractivity contribution < 1.29 is 19.1 Å². The molecule has 2 aromatic carbocycles. The highest BCUT2D eigenvalue weighted by Crippen LogP contribution is 2.28. The van der Waals surface area contributed by atoms with Gasteiger partial charge in [0, 0.05) is 65.1 Å². The lowest BCUT2D eigenvalue weighted by Crippen LogP contribution is -2.10. The van der Waals surface area contributed by atoms with Gasteiger partial charge in [0.2, 0.25) is 0 Å². The van der Waals surface area contributed by atoms with Gasteiger partial charge in [0.05, 0.1) is 59.2 Å². The Kier molecular flexibility index (Phi) is 8.34. The number of ether oxygens (including phenoxy) is 2. The van der Waals surface area contributed by atoms with Gasteiger partial charge in [-0.2, -0.15) is 20.7 Å². The number of fused-ring (bicyclic) bond motifs is 2. The zero-order valence-electron chi connectivity index (χ0n) is 26.4. The van der Waals surface area contributed by atoms with Crippen LogP contribution < -0.4 is 0 Å². The van der Waals surface area contributed by atoms with E-state index < -0.39 is 11.9 Å². The third-order valence-corrected chi connectivity index (χ3v) is 7.91. The molecule has 0 saturated carbocycles. The van der Waals surface area contributed by atoms with E-state index in [1.807, 2.05) is 57.9 Å². The zero-order chi connectivity index (χ0) is 33.2. The third-order valence-electron chi connectivity index (χ3n) is 7.91. The molecule has 236 valence electrons. The minimum atomic E-state index is -0.547. The van der Waals surface area contributed by atoms with Crippen LogP contribution in [-0.2, 0) is 9.47 Å². The van der Waals surface area contributed by atoms with Gasteiger partial charge < -0.3 is 18.6 Å². The Morgan fingerprint density at radius 1 is 0.702 bits per heavy atom. The Morgan fingerprint density at radius 2 is 1.13 bits per heavy atom. The van der Waals surface area contributed by atoms with Crippen LogP contribution in [0.4, 0.5) is 0 Å². The summed E-state index contributed by atoms with van der Waals surface area (Å²) in [5.41, 5.74) is 5.01. The lowest BCUT2D eigenvalue weighted by atomic mass is 10.1. The molecular weight excluding hydrogens is 596 g/mol. The van der Waals surface area contributed by atoms with Crippen molar-refractivity contribution in [1.82, 2.24) is 28.7 Å². The fourth-order valence-corrected chi connectivity index (χ4v) is 5.50. The number of aromatic nitrogens is 6. The second-order valence-electron chi connectivity index (χ2n) is 11.7. The summed E-state index contributed by atoms with van der Waals surface area (Å²) in [7, 11) is 0. The first-order chi connectivity index (χ1) is 22.7. The number of hydrogen-bond acceptors (Lipinski definition) is 8. The summed E-state index contributed by atoms with van der Waals surface area (Å²) in [6.07, 6.45) is 9.99. The number of carbonyl (C=O) groups excluding carboxylic acids is 2. The van der Waals surface area contributed by atoms with E-state index in [-0.39, 0.29) is 36.4 Å². The fraction of sp³-hybridized carbons (Fsp3) is 0.257. The fourth-order valence-electron chi connectivity index (χ4n) is 5.50. The van der Waals surface area contributed by atoms with Gasteiger partial charge in [-0.05, 0) is 64.1 Å². The Bertz CT molecular complexity index is 2060. The minimum Gasteiger partial charge on any atom is -0.462 e. The van der Waals surface area contributed by atoms with Gasteiger partial charge in [-0.3, -0.25) is 0 Å². The highest BCUT2D eigenvalue weighted by Gasteiger charge is 2.17. The van der Waals surface area contributed by atoms with Crippen molar-refractivity contribution >= 4 is 33.7 Å². The molecule has 4 heterocycles. The van der Waals surface area contributed by atoms with E-state index >= 15 is 0 Å². The zero-order valence-corrected chi connectivity index (χ0v) is 26.4. The molecule has 0 aliphatic carbocycles. The van der Waals surface area contributed by atoms with Crippen molar-refractivity contribution in [2.24, 2.45) is 0 Å². The summed E-state index contributed by atoms with van der Waals surface area (Å²) < 4.78 is 18.0. The third kappa shape index (κ3) is 5.97. The molecule has 0 N–H and O–H groups in total. The first-order valence-corrected chi connectivity index (χ1v) is 15.2. The van der Waals surface area contributed by atoms with Crippen LogP contribution >= 0.6 is 0 Å². The maximum atomic E-state index is 12.6. The summed E-state index contributed by atoms with van der Waals surface area (Å²) >= 11 is 0. The van der Waals surface area contributed by atoms with Crippen molar-refractivity contribution in [3.8, 4) is 23.5 Å². The van der Waals surface area contributed by atoms with Crippen LogP contribution in [0.25, 0.3) is 33.2 Å². The van der Waals surface area contributed by atoms with Crippen molar-refractivity contribution in [2.45, 2.75) is 46.2 Å². The van der Waals surface area contributed by atoms with Crippen LogP contribution in [-0.4, -0.2) is 53.8 Å². The van der Waals surface area contributed by atoms with E-state index in [4.69, 9.17) is 9.47 Å². The molecule has 0 bridgehead atoms. The van der Waals surface area contributed by atoms with Crippen molar-refractivity contribution in [1.29, 1.82) is 10.5 Å². The molecule has 6 aromatic rings. The molecule has 4 aromatic heterocycles. The Labute approximate surface area is 270 Å². The largest absolute Gasteiger partial charge is 0.462 e. The average Bonchev–Trinajstić information content (AvgIpc) is 3.88. The number of rotatable bonds is 10. The summed E-state index contributed by atoms with van der Waals surface area (Å²) in [5, 5.41) is 29.4. The number of esters is 2. The molecule has 0 unspecified atom stereocenters. The lowest BCUT2D eigenvalue weighted by molar-refractivity contribution is 0.0396. The summed E-state index contributed by atoms with van der Waals surface area (Å²) in [6.45, 7) is 8.33. The normalized spacial score (nSPS) is 11.3. The van der Waals surface area contributed by atoms with E-state index in [9.17, 15) is 20.1 Å². The molecule has 6 rings (SSSR count). The smallest absolute Gasteiger partial charge is 0.341 e. The van der Waals surface area contributed by atoms with E-state index in [1.165, 1.54) is 12.4 Å². The van der Waals surface area contributed by atoms with Gasteiger partial charge in [0.1, 0.15) is 12.1 Å². The molecule has 47 heavy (non-hydrogen) atoms. The molecule has 0 aliphatic rings. The number of nitrogens with zero attached hydrogens (tertiary/aromatic N) is 8. The predicted molar refractivity (Wildman–Crippen MR) is 174 cm³/mol. The minimum absolute atomic E-state index is 0.0496. The monoisotopic (exact) mass is 628 g/mol. The van der Waals surface area contributed by atoms with Crippen LogP contribution in [0.1, 0.15) is 78.0 Å². The molecule has 0 radical (unpaired) electrons. The van der Waals surface area contributed by atoms with Gasteiger partial charge in [0.25, 0.3) is 0 Å². The van der Waals surface area contributed by atoms with E-state index in [0.717, 1.165) is 21.8 Å². The first kappa shape index (κ1) is 30.9. The predicted octanol–water partition coefficient (Wildman–Crippen LogP) is 6.28. The number of nitriles is 2. The first-order valence-electron chi connectivity index (χ1n) is 15.2. The molecule has 0 fully saturated rings. The van der Waals surface area contributed by atoms with E-state index in [1.54, 1.807) is 21.8 Å². The number of benzene rings is 2. The Morgan fingerprint density at radius 3 is 1.51 bits per heavy atom. The molecule has 0 atom stereocenters. The summed E-state index contributed by atoms with van der Waals surface area (Å²) in [5.74, 6) is -1.09. The molecule has 0 amide bonds. The van der Waals surface area contributed by atoms with Crippen molar-refractivity contribution in [2.75, 3.05) is 13.2 Å². The van der Waals surface area contributed by atoms with E-state index in [2.05, 4.69) is 50.0 Å². The number of hydrogen-bond donors (Lipinski definition) is 0.